The molecule has 0 aliphatic carbocycles. The number of benzene rings is 2. The standard InChI is InChI=1S/C13H8Cl2N4S2/c14-8-6-9(15)11-12(19-21-18-11)10(8)17-13(20)16-7-4-2-1-3-5-7/h1-6H,(H2,16,17,20). The van der Waals surface area contributed by atoms with Gasteiger partial charge in [-0.15, -0.1) is 0 Å². The highest BCUT2D eigenvalue weighted by atomic mass is 35.5. The van der Waals surface area contributed by atoms with E-state index in [1.54, 1.807) is 6.07 Å². The quantitative estimate of drug-likeness (QED) is 0.595. The van der Waals surface area contributed by atoms with Crippen LogP contribution in [0.3, 0.4) is 0 Å². The van der Waals surface area contributed by atoms with Crippen LogP contribution in [0.1, 0.15) is 0 Å². The molecule has 0 unspecified atom stereocenters. The van der Waals surface area contributed by atoms with E-state index in [-0.39, 0.29) is 0 Å². The van der Waals surface area contributed by atoms with Gasteiger partial charge in [0, 0.05) is 5.69 Å². The van der Waals surface area contributed by atoms with Gasteiger partial charge in [-0.1, -0.05) is 41.4 Å². The molecule has 0 saturated carbocycles. The number of fused-ring (bicyclic) bond motifs is 1. The van der Waals surface area contributed by atoms with Crippen molar-refractivity contribution in [1.82, 2.24) is 0 Å². The second kappa shape index (κ2) is 6.11. The predicted molar refractivity (Wildman–Crippen MR) is 94.3 cm³/mol. The maximum absolute atomic E-state index is 6.21. The monoisotopic (exact) mass is 354 g/mol. The lowest BCUT2D eigenvalue weighted by Crippen LogP contribution is -2.19. The van der Waals surface area contributed by atoms with Crippen LogP contribution in [0, 0.1) is 0 Å². The fourth-order valence-corrected chi connectivity index (χ4v) is 3.17. The highest BCUT2D eigenvalue weighted by molar-refractivity contribution is 7.80. The molecule has 106 valence electrons. The van der Waals surface area contributed by atoms with Crippen LogP contribution in [-0.4, -0.2) is 5.11 Å². The molecule has 0 fully saturated rings. The Balaban J connectivity index is 1.85. The van der Waals surface area contributed by atoms with Gasteiger partial charge in [0.25, 0.3) is 0 Å². The summed E-state index contributed by atoms with van der Waals surface area (Å²) in [5.74, 6) is 0. The molecule has 2 aromatic rings. The summed E-state index contributed by atoms with van der Waals surface area (Å²) < 4.78 is 8.36. The molecule has 1 heterocycles. The zero-order valence-corrected chi connectivity index (χ0v) is 13.6. The van der Waals surface area contributed by atoms with Crippen molar-refractivity contribution >= 4 is 74.6 Å². The van der Waals surface area contributed by atoms with Gasteiger partial charge >= 0.3 is 0 Å². The van der Waals surface area contributed by atoms with E-state index in [9.17, 15) is 0 Å². The van der Waals surface area contributed by atoms with Gasteiger partial charge in [-0.2, -0.15) is 8.73 Å². The van der Waals surface area contributed by atoms with Crippen molar-refractivity contribution in [3.8, 4) is 0 Å². The van der Waals surface area contributed by atoms with Gasteiger partial charge in [0.2, 0.25) is 0 Å². The minimum Gasteiger partial charge on any atom is -0.332 e. The van der Waals surface area contributed by atoms with Gasteiger partial charge < -0.3 is 10.6 Å². The van der Waals surface area contributed by atoms with Gasteiger partial charge in [0.15, 0.2) is 5.11 Å². The number of halogens is 2. The molecular formula is C13H8Cl2N4S2. The fourth-order valence-electron chi connectivity index (χ4n) is 1.79. The first-order valence-corrected chi connectivity index (χ1v) is 7.78. The van der Waals surface area contributed by atoms with E-state index >= 15 is 0 Å². The molecule has 8 heteroatoms. The normalized spacial score (nSPS) is 11.7. The maximum atomic E-state index is 6.21. The third-order valence-electron chi connectivity index (χ3n) is 2.71. The van der Waals surface area contributed by atoms with E-state index < -0.39 is 0 Å². The maximum Gasteiger partial charge on any atom is 0.175 e. The van der Waals surface area contributed by atoms with Gasteiger partial charge in [-0.05, 0) is 30.4 Å². The van der Waals surface area contributed by atoms with Crippen LogP contribution >= 0.6 is 35.4 Å². The average molecular weight is 355 g/mol. The van der Waals surface area contributed by atoms with Crippen LogP contribution in [0.5, 0.6) is 0 Å². The molecule has 21 heavy (non-hydrogen) atoms. The predicted octanol–water partition coefficient (Wildman–Crippen LogP) is 5.53. The van der Waals surface area contributed by atoms with Crippen LogP contribution in [0.2, 0.25) is 10.0 Å². The number of thiocarbonyl (C=S) groups is 1. The number of anilines is 2. The summed E-state index contributed by atoms with van der Waals surface area (Å²) >= 11 is 18.7. The van der Waals surface area contributed by atoms with Crippen LogP contribution < -0.4 is 10.6 Å². The SMILES string of the molecule is S=C(Nc1ccccc1)Nc1c(Cl)cc(Cl)c2c1N=S=N2. The summed E-state index contributed by atoms with van der Waals surface area (Å²) in [6.45, 7) is 0. The Bertz CT molecular complexity index is 787. The molecular weight excluding hydrogens is 347 g/mol. The van der Waals surface area contributed by atoms with E-state index in [0.29, 0.717) is 32.2 Å². The molecule has 4 nitrogen and oxygen atoms in total. The van der Waals surface area contributed by atoms with Gasteiger partial charge in [0.1, 0.15) is 11.4 Å². The van der Waals surface area contributed by atoms with Crippen LogP contribution in [0.15, 0.2) is 45.1 Å². The third-order valence-corrected chi connectivity index (χ3v) is 4.03. The fraction of sp³-hybridized carbons (Fsp3) is 0. The molecule has 2 aromatic carbocycles. The van der Waals surface area contributed by atoms with E-state index in [0.717, 1.165) is 17.0 Å². The Kier molecular flexibility index (Phi) is 4.21. The van der Waals surface area contributed by atoms with E-state index in [2.05, 4.69) is 19.4 Å². The first kappa shape index (κ1) is 14.5. The summed E-state index contributed by atoms with van der Waals surface area (Å²) in [6.07, 6.45) is 0. The molecule has 0 aromatic heterocycles. The number of hydrogen-bond acceptors (Lipinski definition) is 3. The van der Waals surface area contributed by atoms with Gasteiger partial charge in [0.05, 0.1) is 27.1 Å². The number of rotatable bonds is 2. The lowest BCUT2D eigenvalue weighted by atomic mass is 10.2. The Labute approximate surface area is 140 Å². The summed E-state index contributed by atoms with van der Waals surface area (Å²) in [5.41, 5.74) is 2.69. The van der Waals surface area contributed by atoms with Crippen molar-refractivity contribution in [2.75, 3.05) is 10.6 Å². The van der Waals surface area contributed by atoms with Gasteiger partial charge in [-0.3, -0.25) is 0 Å². The number of nitrogens with zero attached hydrogens (tertiary/aromatic N) is 2. The Hall–Kier alpha value is -1.47. The summed E-state index contributed by atoms with van der Waals surface area (Å²) in [5, 5.41) is 7.45. The topological polar surface area (TPSA) is 48.8 Å². The zero-order chi connectivity index (χ0) is 14.8. The average Bonchev–Trinajstić information content (AvgIpc) is 2.94. The van der Waals surface area contributed by atoms with Crippen molar-refractivity contribution < 1.29 is 0 Å². The van der Waals surface area contributed by atoms with Crippen molar-refractivity contribution in [2.45, 2.75) is 0 Å². The van der Waals surface area contributed by atoms with Crippen molar-refractivity contribution in [1.29, 1.82) is 0 Å². The van der Waals surface area contributed by atoms with E-state index in [1.165, 1.54) is 0 Å². The minimum absolute atomic E-state index is 0.416. The van der Waals surface area contributed by atoms with Crippen molar-refractivity contribution in [3.05, 3.63) is 46.4 Å². The zero-order valence-electron chi connectivity index (χ0n) is 10.4. The third kappa shape index (κ3) is 3.08. The number of hydrogen-bond donors (Lipinski definition) is 2. The molecule has 0 radical (unpaired) electrons. The molecule has 0 amide bonds. The highest BCUT2D eigenvalue weighted by Crippen LogP contribution is 2.47. The van der Waals surface area contributed by atoms with Crippen LogP contribution in [0.4, 0.5) is 22.7 Å². The molecule has 1 aliphatic heterocycles. The summed E-state index contributed by atoms with van der Waals surface area (Å²) in [7, 11) is 0. The smallest absolute Gasteiger partial charge is 0.175 e. The molecule has 0 atom stereocenters. The van der Waals surface area contributed by atoms with Crippen molar-refractivity contribution in [3.63, 3.8) is 0 Å². The van der Waals surface area contributed by atoms with Gasteiger partial charge in [-0.25, -0.2) is 0 Å². The largest absolute Gasteiger partial charge is 0.332 e. The minimum atomic E-state index is 0.416. The summed E-state index contributed by atoms with van der Waals surface area (Å²) in [6, 6.07) is 11.2. The Morgan fingerprint density at radius 2 is 1.71 bits per heavy atom. The highest BCUT2D eigenvalue weighted by Gasteiger charge is 2.19. The first-order valence-electron chi connectivity index (χ1n) is 5.88. The molecule has 1 aliphatic rings. The number of nitrogens with one attached hydrogen (secondary N) is 2. The second-order valence-corrected chi connectivity index (χ2v) is 5.87. The van der Waals surface area contributed by atoms with Crippen LogP contribution in [-0.2, 0) is 11.4 Å². The lowest BCUT2D eigenvalue weighted by molar-refractivity contribution is 1.51. The molecule has 0 bridgehead atoms. The summed E-state index contributed by atoms with van der Waals surface area (Å²) in [4.78, 5) is 0. The molecule has 0 saturated heterocycles. The number of para-hydroxylation sites is 1. The van der Waals surface area contributed by atoms with E-state index in [1.807, 2.05) is 30.3 Å². The second-order valence-electron chi connectivity index (χ2n) is 4.12. The molecule has 2 N–H and O–H groups in total. The van der Waals surface area contributed by atoms with Crippen molar-refractivity contribution in [2.24, 2.45) is 8.73 Å². The molecule has 3 rings (SSSR count). The Morgan fingerprint density at radius 1 is 1.00 bits per heavy atom. The van der Waals surface area contributed by atoms with E-state index in [4.69, 9.17) is 35.4 Å². The Morgan fingerprint density at radius 3 is 2.48 bits per heavy atom. The van der Waals surface area contributed by atoms with Crippen LogP contribution in [0.25, 0.3) is 0 Å². The first-order chi connectivity index (χ1) is 10.1. The molecule has 0 spiro atoms. The lowest BCUT2D eigenvalue weighted by Gasteiger charge is -2.14.